The van der Waals surface area contributed by atoms with Gasteiger partial charge in [0, 0.05) is 12.6 Å². The summed E-state index contributed by atoms with van der Waals surface area (Å²) in [6.07, 6.45) is 2.37. The molecule has 0 saturated carbocycles. The highest BCUT2D eigenvalue weighted by Crippen LogP contribution is 2.29. The van der Waals surface area contributed by atoms with E-state index in [1.165, 1.54) is 22.5 Å². The highest BCUT2D eigenvalue weighted by molar-refractivity contribution is 7.93. The molecule has 0 aliphatic carbocycles. The van der Waals surface area contributed by atoms with Crippen LogP contribution in [-0.2, 0) is 23.0 Å². The Hall–Kier alpha value is -3.26. The normalized spacial score (nSPS) is 11.7. The van der Waals surface area contributed by atoms with Gasteiger partial charge in [-0.15, -0.1) is 10.2 Å². The second kappa shape index (κ2) is 8.11. The Kier molecular flexibility index (Phi) is 5.49. The molecule has 2 aromatic heterocycles. The fourth-order valence-corrected chi connectivity index (χ4v) is 5.07. The van der Waals surface area contributed by atoms with Crippen molar-refractivity contribution in [1.82, 2.24) is 14.6 Å². The molecule has 0 fully saturated rings. The minimum Gasteiger partial charge on any atom is -0.285 e. The van der Waals surface area contributed by atoms with Crippen molar-refractivity contribution < 1.29 is 12.8 Å². The van der Waals surface area contributed by atoms with Crippen LogP contribution in [-0.4, -0.2) is 23.0 Å². The summed E-state index contributed by atoms with van der Waals surface area (Å²) in [4.78, 5) is 0.0526. The molecule has 4 rings (SSSR count). The second-order valence-corrected chi connectivity index (χ2v) is 9.28. The topological polar surface area (TPSA) is 67.6 Å². The zero-order valence-electron chi connectivity index (χ0n) is 17.6. The summed E-state index contributed by atoms with van der Waals surface area (Å²) < 4.78 is 44.6. The lowest BCUT2D eigenvalue weighted by Crippen LogP contribution is -2.31. The highest BCUT2D eigenvalue weighted by Gasteiger charge is 2.29. The molecule has 0 radical (unpaired) electrons. The Morgan fingerprint density at radius 2 is 1.81 bits per heavy atom. The number of aromatic nitrogens is 3. The largest absolute Gasteiger partial charge is 0.285 e. The molecular formula is C23H23FN4O2S. The van der Waals surface area contributed by atoms with E-state index in [9.17, 15) is 12.8 Å². The molecule has 0 atom stereocenters. The molecule has 4 aromatic rings. The molecule has 2 aromatic carbocycles. The minimum atomic E-state index is -4.03. The minimum absolute atomic E-state index is 0.0155. The van der Waals surface area contributed by atoms with Crippen LogP contribution < -0.4 is 4.31 Å². The molecule has 2 heterocycles. The van der Waals surface area contributed by atoms with Gasteiger partial charge < -0.3 is 0 Å². The molecule has 0 saturated heterocycles. The molecule has 0 unspecified atom stereocenters. The number of sulfonamides is 1. The first-order chi connectivity index (χ1) is 14.8. The van der Waals surface area contributed by atoms with Crippen molar-refractivity contribution >= 4 is 21.4 Å². The molecule has 31 heavy (non-hydrogen) atoms. The quantitative estimate of drug-likeness (QED) is 0.446. The zero-order chi connectivity index (χ0) is 22.2. The monoisotopic (exact) mass is 438 g/mol. The van der Waals surface area contributed by atoms with Gasteiger partial charge in [-0.3, -0.25) is 8.71 Å². The van der Waals surface area contributed by atoms with Crippen LogP contribution in [0.25, 0.3) is 5.65 Å². The third kappa shape index (κ3) is 3.90. The van der Waals surface area contributed by atoms with E-state index in [2.05, 4.69) is 10.2 Å². The van der Waals surface area contributed by atoms with Crippen LogP contribution in [0.15, 0.2) is 65.7 Å². The third-order valence-electron chi connectivity index (χ3n) is 5.35. The smallest absolute Gasteiger partial charge is 0.268 e. The number of aryl methyl sites for hydroxylation is 3. The van der Waals surface area contributed by atoms with Gasteiger partial charge in [-0.2, -0.15) is 0 Å². The average molecular weight is 439 g/mol. The molecule has 0 bridgehead atoms. The summed E-state index contributed by atoms with van der Waals surface area (Å²) in [5.74, 6) is 0.261. The van der Waals surface area contributed by atoms with Crippen LogP contribution >= 0.6 is 0 Å². The fourth-order valence-electron chi connectivity index (χ4n) is 3.50. The molecular weight excluding hydrogens is 415 g/mol. The Morgan fingerprint density at radius 3 is 2.52 bits per heavy atom. The molecule has 8 heteroatoms. The lowest BCUT2D eigenvalue weighted by molar-refractivity contribution is 0.590. The molecule has 0 aliphatic heterocycles. The van der Waals surface area contributed by atoms with Crippen LogP contribution in [0.3, 0.4) is 0 Å². The lowest BCUT2D eigenvalue weighted by atomic mass is 10.1. The van der Waals surface area contributed by atoms with E-state index < -0.39 is 15.8 Å². The molecule has 0 N–H and O–H groups in total. The number of rotatable bonds is 6. The van der Waals surface area contributed by atoms with Crippen molar-refractivity contribution in [3.8, 4) is 0 Å². The lowest BCUT2D eigenvalue weighted by Gasteiger charge is -2.25. The van der Waals surface area contributed by atoms with Crippen LogP contribution in [0.1, 0.15) is 29.4 Å². The van der Waals surface area contributed by atoms with Gasteiger partial charge >= 0.3 is 0 Å². The van der Waals surface area contributed by atoms with Crippen LogP contribution in [0.2, 0.25) is 0 Å². The van der Waals surface area contributed by atoms with Crippen LogP contribution in [0.4, 0.5) is 10.1 Å². The van der Waals surface area contributed by atoms with E-state index in [-0.39, 0.29) is 17.1 Å². The summed E-state index contributed by atoms with van der Waals surface area (Å²) in [5, 5.41) is 8.25. The SMILES string of the molecule is CCc1nnc2c(S(=O)(=O)N(Cc3cccc(F)c3)c3ccc(C)c(C)c3)cccn12. The number of benzene rings is 2. The maximum atomic E-state index is 13.9. The van der Waals surface area contributed by atoms with Gasteiger partial charge in [0.1, 0.15) is 16.5 Å². The molecule has 0 aliphatic rings. The predicted molar refractivity (Wildman–Crippen MR) is 118 cm³/mol. The Bertz CT molecular complexity index is 1370. The number of anilines is 1. The number of fused-ring (bicyclic) bond motifs is 1. The maximum absolute atomic E-state index is 13.9. The molecule has 160 valence electrons. The van der Waals surface area contributed by atoms with Gasteiger partial charge in [-0.25, -0.2) is 12.8 Å². The number of halogens is 1. The standard InChI is InChI=1S/C23H23FN4O2S/c1-4-22-25-26-23-21(9-6-12-27(22)23)31(29,30)28(15-18-7-5-8-19(24)14-18)20-11-10-16(2)17(3)13-20/h5-14H,4,15H2,1-3H3. The maximum Gasteiger partial charge on any atom is 0.268 e. The third-order valence-corrected chi connectivity index (χ3v) is 7.14. The summed E-state index contributed by atoms with van der Waals surface area (Å²) in [6, 6.07) is 14.6. The summed E-state index contributed by atoms with van der Waals surface area (Å²) in [5.41, 5.74) is 3.34. The van der Waals surface area contributed by atoms with Crippen molar-refractivity contribution in [3.05, 3.63) is 89.1 Å². The Labute approximate surface area is 181 Å². The zero-order valence-corrected chi connectivity index (χ0v) is 18.4. The van der Waals surface area contributed by atoms with E-state index in [1.807, 2.05) is 32.9 Å². The van der Waals surface area contributed by atoms with E-state index in [1.54, 1.807) is 34.9 Å². The van der Waals surface area contributed by atoms with Crippen LogP contribution in [0, 0.1) is 19.7 Å². The first kappa shape index (κ1) is 21.0. The molecule has 6 nitrogen and oxygen atoms in total. The van der Waals surface area contributed by atoms with E-state index >= 15 is 0 Å². The fraction of sp³-hybridized carbons (Fsp3) is 0.217. The number of hydrogen-bond donors (Lipinski definition) is 0. The first-order valence-corrected chi connectivity index (χ1v) is 11.4. The van der Waals surface area contributed by atoms with E-state index in [0.717, 1.165) is 11.1 Å². The van der Waals surface area contributed by atoms with Gasteiger partial charge in [-0.1, -0.05) is 25.1 Å². The molecule has 0 spiro atoms. The second-order valence-electron chi connectivity index (χ2n) is 7.45. The first-order valence-electron chi connectivity index (χ1n) is 9.98. The Balaban J connectivity index is 1.89. The highest BCUT2D eigenvalue weighted by atomic mass is 32.2. The van der Waals surface area contributed by atoms with Crippen molar-refractivity contribution in [2.45, 2.75) is 38.6 Å². The summed E-state index contributed by atoms with van der Waals surface area (Å²) >= 11 is 0. The summed E-state index contributed by atoms with van der Waals surface area (Å²) in [6.45, 7) is 5.81. The summed E-state index contributed by atoms with van der Waals surface area (Å²) in [7, 11) is -4.03. The van der Waals surface area contributed by atoms with Crippen molar-refractivity contribution in [2.24, 2.45) is 0 Å². The van der Waals surface area contributed by atoms with E-state index in [4.69, 9.17) is 0 Å². The molecule has 0 amide bonds. The van der Waals surface area contributed by atoms with Crippen molar-refractivity contribution in [1.29, 1.82) is 0 Å². The van der Waals surface area contributed by atoms with Crippen LogP contribution in [0.5, 0.6) is 0 Å². The number of nitrogens with zero attached hydrogens (tertiary/aromatic N) is 4. The number of pyridine rings is 1. The Morgan fingerprint density at radius 1 is 1.00 bits per heavy atom. The van der Waals surface area contributed by atoms with Gasteiger partial charge in [0.15, 0.2) is 5.65 Å². The van der Waals surface area contributed by atoms with Gasteiger partial charge in [0.25, 0.3) is 10.0 Å². The van der Waals surface area contributed by atoms with Crippen molar-refractivity contribution in [2.75, 3.05) is 4.31 Å². The van der Waals surface area contributed by atoms with Gasteiger partial charge in [0.2, 0.25) is 0 Å². The van der Waals surface area contributed by atoms with Crippen molar-refractivity contribution in [3.63, 3.8) is 0 Å². The predicted octanol–water partition coefficient (Wildman–Crippen LogP) is 4.44. The van der Waals surface area contributed by atoms with Gasteiger partial charge in [-0.05, 0) is 66.9 Å². The van der Waals surface area contributed by atoms with Gasteiger partial charge in [0.05, 0.1) is 12.2 Å². The van der Waals surface area contributed by atoms with E-state index in [0.29, 0.717) is 23.5 Å². The average Bonchev–Trinajstić information content (AvgIpc) is 3.17. The number of hydrogen-bond acceptors (Lipinski definition) is 4.